The van der Waals surface area contributed by atoms with Crippen LogP contribution in [0.1, 0.15) is 17.2 Å². The predicted octanol–water partition coefficient (Wildman–Crippen LogP) is 1.51. The highest BCUT2D eigenvalue weighted by Gasteiger charge is 2.12. The quantitative estimate of drug-likeness (QED) is 0.759. The fourth-order valence-electron chi connectivity index (χ4n) is 1.69. The summed E-state index contributed by atoms with van der Waals surface area (Å²) in [6.07, 6.45) is 1.41. The molecule has 5 heteroatoms. The number of rotatable bonds is 4. The molecule has 0 saturated carbocycles. The second-order valence-corrected chi connectivity index (χ2v) is 4.02. The molecule has 94 valence electrons. The summed E-state index contributed by atoms with van der Waals surface area (Å²) in [4.78, 5) is 8.05. The zero-order chi connectivity index (χ0) is 13.0. The van der Waals surface area contributed by atoms with Gasteiger partial charge < -0.3 is 16.2 Å². The van der Waals surface area contributed by atoms with E-state index in [1.165, 1.54) is 6.33 Å². The summed E-state index contributed by atoms with van der Waals surface area (Å²) in [6, 6.07) is 9.49. The van der Waals surface area contributed by atoms with E-state index >= 15 is 0 Å². The molecule has 0 amide bonds. The number of aliphatic hydroxyl groups excluding tert-OH is 1. The first-order valence-corrected chi connectivity index (χ1v) is 5.71. The minimum absolute atomic E-state index is 0.0205. The van der Waals surface area contributed by atoms with Gasteiger partial charge in [-0.2, -0.15) is 0 Å². The van der Waals surface area contributed by atoms with Gasteiger partial charge in [0.15, 0.2) is 0 Å². The first kappa shape index (κ1) is 12.3. The number of anilines is 2. The van der Waals surface area contributed by atoms with Crippen molar-refractivity contribution in [2.24, 2.45) is 0 Å². The number of nitrogens with one attached hydrogen (secondary N) is 1. The van der Waals surface area contributed by atoms with Crippen molar-refractivity contribution in [3.63, 3.8) is 0 Å². The number of hydrogen-bond donors (Lipinski definition) is 3. The highest BCUT2D eigenvalue weighted by Crippen LogP contribution is 2.21. The lowest BCUT2D eigenvalue weighted by molar-refractivity contribution is 0.276. The summed E-state index contributed by atoms with van der Waals surface area (Å²) >= 11 is 0. The van der Waals surface area contributed by atoms with E-state index < -0.39 is 0 Å². The molecule has 0 saturated heterocycles. The maximum atomic E-state index is 9.46. The third-order valence-electron chi connectivity index (χ3n) is 2.82. The van der Waals surface area contributed by atoms with Gasteiger partial charge >= 0.3 is 0 Å². The number of benzene rings is 1. The van der Waals surface area contributed by atoms with Crippen LogP contribution in [0.3, 0.4) is 0 Å². The van der Waals surface area contributed by atoms with Gasteiger partial charge in [-0.1, -0.05) is 30.3 Å². The van der Waals surface area contributed by atoms with Crippen LogP contribution in [0.4, 0.5) is 11.6 Å². The van der Waals surface area contributed by atoms with Gasteiger partial charge in [-0.15, -0.1) is 0 Å². The SMILES string of the molecule is Cc1c(N)ncnc1NC(CO)c1ccccc1. The number of nitrogens with zero attached hydrogens (tertiary/aromatic N) is 2. The molecule has 18 heavy (non-hydrogen) atoms. The lowest BCUT2D eigenvalue weighted by atomic mass is 10.1. The van der Waals surface area contributed by atoms with Crippen molar-refractivity contribution in [3.8, 4) is 0 Å². The molecule has 2 rings (SSSR count). The Bertz CT molecular complexity index is 516. The Labute approximate surface area is 106 Å². The molecule has 0 aliphatic carbocycles. The minimum Gasteiger partial charge on any atom is -0.394 e. The normalized spacial score (nSPS) is 12.1. The molecule has 0 aliphatic heterocycles. The average Bonchev–Trinajstić information content (AvgIpc) is 2.41. The third-order valence-corrected chi connectivity index (χ3v) is 2.82. The smallest absolute Gasteiger partial charge is 0.134 e. The lowest BCUT2D eigenvalue weighted by Crippen LogP contribution is -2.17. The molecule has 2 aromatic rings. The first-order valence-electron chi connectivity index (χ1n) is 5.71. The molecule has 4 N–H and O–H groups in total. The Balaban J connectivity index is 2.24. The van der Waals surface area contributed by atoms with Gasteiger partial charge in [-0.05, 0) is 12.5 Å². The van der Waals surface area contributed by atoms with E-state index in [2.05, 4.69) is 15.3 Å². The van der Waals surface area contributed by atoms with E-state index in [-0.39, 0.29) is 12.6 Å². The van der Waals surface area contributed by atoms with E-state index in [0.717, 1.165) is 11.1 Å². The molecule has 1 aromatic carbocycles. The van der Waals surface area contributed by atoms with Gasteiger partial charge in [-0.25, -0.2) is 9.97 Å². The molecule has 0 spiro atoms. The minimum atomic E-state index is -0.209. The second kappa shape index (κ2) is 5.46. The van der Waals surface area contributed by atoms with Crippen molar-refractivity contribution >= 4 is 11.6 Å². The van der Waals surface area contributed by atoms with E-state index in [1.54, 1.807) is 0 Å². The van der Waals surface area contributed by atoms with Crippen LogP contribution in [0.2, 0.25) is 0 Å². The van der Waals surface area contributed by atoms with Crippen LogP contribution in [0, 0.1) is 6.92 Å². The molecule has 0 radical (unpaired) electrons. The average molecular weight is 244 g/mol. The molecule has 0 aliphatic rings. The summed E-state index contributed by atoms with van der Waals surface area (Å²) in [7, 11) is 0. The van der Waals surface area contributed by atoms with Crippen LogP contribution in [0.5, 0.6) is 0 Å². The maximum Gasteiger partial charge on any atom is 0.134 e. The van der Waals surface area contributed by atoms with Crippen LogP contribution in [0.15, 0.2) is 36.7 Å². The lowest BCUT2D eigenvalue weighted by Gasteiger charge is -2.18. The van der Waals surface area contributed by atoms with E-state index in [0.29, 0.717) is 11.6 Å². The van der Waals surface area contributed by atoms with E-state index in [1.807, 2.05) is 37.3 Å². The molecule has 1 aromatic heterocycles. The Morgan fingerprint density at radius 1 is 1.28 bits per heavy atom. The van der Waals surface area contributed by atoms with Crippen LogP contribution in [0.25, 0.3) is 0 Å². The van der Waals surface area contributed by atoms with Crippen molar-refractivity contribution in [1.82, 2.24) is 9.97 Å². The van der Waals surface area contributed by atoms with Crippen molar-refractivity contribution in [1.29, 1.82) is 0 Å². The number of aromatic nitrogens is 2. The first-order chi connectivity index (χ1) is 8.72. The molecule has 0 bridgehead atoms. The number of nitrogens with two attached hydrogens (primary N) is 1. The van der Waals surface area contributed by atoms with Crippen LogP contribution in [-0.4, -0.2) is 21.7 Å². The Kier molecular flexibility index (Phi) is 3.74. The zero-order valence-corrected chi connectivity index (χ0v) is 10.2. The van der Waals surface area contributed by atoms with Gasteiger partial charge in [0.25, 0.3) is 0 Å². The molecule has 1 atom stereocenters. The topological polar surface area (TPSA) is 84.1 Å². The van der Waals surface area contributed by atoms with Gasteiger partial charge in [-0.3, -0.25) is 0 Å². The molecular formula is C13H16N4O. The predicted molar refractivity (Wildman–Crippen MR) is 71.1 cm³/mol. The van der Waals surface area contributed by atoms with Crippen LogP contribution in [-0.2, 0) is 0 Å². The molecule has 5 nitrogen and oxygen atoms in total. The molecular weight excluding hydrogens is 228 g/mol. The number of hydrogen-bond acceptors (Lipinski definition) is 5. The molecule has 0 fully saturated rings. The summed E-state index contributed by atoms with van der Waals surface area (Å²) in [5, 5.41) is 12.6. The van der Waals surface area contributed by atoms with Crippen molar-refractivity contribution in [2.75, 3.05) is 17.7 Å². The van der Waals surface area contributed by atoms with Crippen molar-refractivity contribution < 1.29 is 5.11 Å². The fraction of sp³-hybridized carbons (Fsp3) is 0.231. The van der Waals surface area contributed by atoms with Gasteiger partial charge in [0.2, 0.25) is 0 Å². The van der Waals surface area contributed by atoms with Gasteiger partial charge in [0.1, 0.15) is 18.0 Å². The van der Waals surface area contributed by atoms with E-state index in [4.69, 9.17) is 5.73 Å². The molecule has 1 heterocycles. The zero-order valence-electron chi connectivity index (χ0n) is 10.2. The van der Waals surface area contributed by atoms with Crippen LogP contribution < -0.4 is 11.1 Å². The highest BCUT2D eigenvalue weighted by atomic mass is 16.3. The van der Waals surface area contributed by atoms with Crippen LogP contribution >= 0.6 is 0 Å². The number of aliphatic hydroxyl groups is 1. The summed E-state index contributed by atoms with van der Waals surface area (Å²) in [5.41, 5.74) is 7.50. The Hall–Kier alpha value is -2.14. The largest absolute Gasteiger partial charge is 0.394 e. The second-order valence-electron chi connectivity index (χ2n) is 4.02. The standard InChI is InChI=1S/C13H16N4O/c1-9-12(14)15-8-16-13(9)17-11(7-18)10-5-3-2-4-6-10/h2-6,8,11,18H,7H2,1H3,(H3,14,15,16,17). The van der Waals surface area contributed by atoms with Gasteiger partial charge in [0.05, 0.1) is 12.6 Å². The summed E-state index contributed by atoms with van der Waals surface area (Å²) in [5.74, 6) is 1.09. The number of nitrogen functional groups attached to an aromatic ring is 1. The van der Waals surface area contributed by atoms with E-state index in [9.17, 15) is 5.11 Å². The summed E-state index contributed by atoms with van der Waals surface area (Å²) in [6.45, 7) is 1.82. The Morgan fingerprint density at radius 3 is 2.67 bits per heavy atom. The molecule has 1 unspecified atom stereocenters. The Morgan fingerprint density at radius 2 is 2.00 bits per heavy atom. The maximum absolute atomic E-state index is 9.46. The highest BCUT2D eigenvalue weighted by molar-refractivity contribution is 5.54. The third kappa shape index (κ3) is 2.57. The van der Waals surface area contributed by atoms with Crippen molar-refractivity contribution in [3.05, 3.63) is 47.8 Å². The fourth-order valence-corrected chi connectivity index (χ4v) is 1.69. The van der Waals surface area contributed by atoms with Crippen molar-refractivity contribution in [2.45, 2.75) is 13.0 Å². The monoisotopic (exact) mass is 244 g/mol. The van der Waals surface area contributed by atoms with Gasteiger partial charge in [0, 0.05) is 5.56 Å². The summed E-state index contributed by atoms with van der Waals surface area (Å²) < 4.78 is 0.